The summed E-state index contributed by atoms with van der Waals surface area (Å²) < 4.78 is 36.2. The van der Waals surface area contributed by atoms with Crippen LogP contribution in [0.5, 0.6) is 5.75 Å². The van der Waals surface area contributed by atoms with Crippen LogP contribution in [0.3, 0.4) is 0 Å². The van der Waals surface area contributed by atoms with E-state index in [-0.39, 0.29) is 17.4 Å². The first-order valence-electron chi connectivity index (χ1n) is 9.53. The van der Waals surface area contributed by atoms with Gasteiger partial charge >= 0.3 is 5.97 Å². The van der Waals surface area contributed by atoms with Crippen LogP contribution < -0.4 is 10.5 Å². The molecular weight excluding hydrogens is 472 g/mol. The van der Waals surface area contributed by atoms with Crippen LogP contribution in [0, 0.1) is 0 Å². The number of alkyl halides is 1. The number of hydrogen-bond acceptors (Lipinski definition) is 8. The van der Waals surface area contributed by atoms with Gasteiger partial charge in [0.15, 0.2) is 6.04 Å². The average Bonchev–Trinajstić information content (AvgIpc) is 2.81. The number of ether oxygens (including phenoxy) is 2. The minimum absolute atomic E-state index is 0.00459. The monoisotopic (exact) mass is 494 g/mol. The molecule has 2 N–H and O–H groups in total. The van der Waals surface area contributed by atoms with Gasteiger partial charge in [0.1, 0.15) is 17.7 Å². The molecule has 0 aromatic heterocycles. The Hall–Kier alpha value is -2.62. The second kappa shape index (κ2) is 10.3. The third kappa shape index (κ3) is 5.40. The zero-order valence-electron chi connectivity index (χ0n) is 17.3. The van der Waals surface area contributed by atoms with Gasteiger partial charge < -0.3 is 20.1 Å². The lowest BCUT2D eigenvalue weighted by atomic mass is 10.1. The van der Waals surface area contributed by atoms with Crippen molar-refractivity contribution >= 4 is 37.2 Å². The Labute approximate surface area is 196 Å². The molecule has 2 aromatic rings. The molecule has 2 unspecified atom stereocenters. The van der Waals surface area contributed by atoms with Crippen molar-refractivity contribution in [2.45, 2.75) is 22.9 Å². The lowest BCUT2D eigenvalue weighted by Crippen LogP contribution is -2.53. The number of hydrogen-bond donors (Lipinski definition) is 1. The highest BCUT2D eigenvalue weighted by Crippen LogP contribution is 2.39. The zero-order chi connectivity index (χ0) is 23.3. The summed E-state index contributed by atoms with van der Waals surface area (Å²) in [4.78, 5) is 14.6. The topological polar surface area (TPSA) is 98.9 Å². The third-order valence-corrected chi connectivity index (χ3v) is 8.75. The molecule has 1 heterocycles. The molecule has 0 aliphatic carbocycles. The summed E-state index contributed by atoms with van der Waals surface area (Å²) in [6.07, 6.45) is 1.51. The fraction of sp³-hybridized carbons (Fsp3) is 0.227. The maximum atomic E-state index is 12.9. The summed E-state index contributed by atoms with van der Waals surface area (Å²) in [5.41, 5.74) is 7.44. The predicted molar refractivity (Wildman–Crippen MR) is 126 cm³/mol. The molecular formula is C22H23ClN2O5S2. The molecule has 2 atom stereocenters. The Balaban J connectivity index is 1.74. The van der Waals surface area contributed by atoms with E-state index in [0.29, 0.717) is 27.8 Å². The number of carbonyl (C=O) groups excluding carboxylic acids is 1. The van der Waals surface area contributed by atoms with Gasteiger partial charge in [0, 0.05) is 22.9 Å². The molecule has 170 valence electrons. The molecule has 0 saturated heterocycles. The third-order valence-electron chi connectivity index (χ3n) is 4.72. The first kappa shape index (κ1) is 24.0. The van der Waals surface area contributed by atoms with Gasteiger partial charge in [0.25, 0.3) is 0 Å². The van der Waals surface area contributed by atoms with Gasteiger partial charge in [-0.25, -0.2) is 13.2 Å². The highest BCUT2D eigenvalue weighted by molar-refractivity contribution is 8.72. The summed E-state index contributed by atoms with van der Waals surface area (Å²) in [6, 6.07) is 14.1. The smallest absolute Gasteiger partial charge is 0.333 e. The molecule has 7 nitrogen and oxygen atoms in total. The van der Waals surface area contributed by atoms with Gasteiger partial charge in [0.05, 0.1) is 17.7 Å². The van der Waals surface area contributed by atoms with E-state index in [2.05, 4.69) is 6.58 Å². The van der Waals surface area contributed by atoms with Gasteiger partial charge in [-0.3, -0.25) is 0 Å². The van der Waals surface area contributed by atoms with Crippen LogP contribution in [-0.2, 0) is 25.0 Å². The van der Waals surface area contributed by atoms with Crippen molar-refractivity contribution in [2.75, 3.05) is 13.0 Å². The highest BCUT2D eigenvalue weighted by atomic mass is 35.5. The van der Waals surface area contributed by atoms with E-state index in [1.165, 1.54) is 23.2 Å². The number of benzene rings is 2. The van der Waals surface area contributed by atoms with Crippen LogP contribution in [0.1, 0.15) is 5.56 Å². The molecule has 0 spiro atoms. The number of rotatable bonds is 10. The van der Waals surface area contributed by atoms with E-state index in [0.717, 1.165) is 5.56 Å². The second-order valence-electron chi connectivity index (χ2n) is 6.94. The largest absolute Gasteiger partial charge is 0.497 e. The number of nitrogens with two attached hydrogens (primary N) is 1. The standard InChI is InChI=1S/C22H23ClN2O5S2/c1-15(12-23)20(22(26)30-14-16-8-10-17(29-2)11-9-16)25-13-19(24)21(25)31-32(27,28)18-6-4-3-5-7-18/h3-11,13,20-21H,1,12,14,24H2,2H3. The van der Waals surface area contributed by atoms with Gasteiger partial charge in [-0.05, 0) is 35.4 Å². The molecule has 1 aliphatic heterocycles. The molecule has 2 aromatic carbocycles. The van der Waals surface area contributed by atoms with Crippen molar-refractivity contribution in [1.82, 2.24) is 4.90 Å². The van der Waals surface area contributed by atoms with Crippen molar-refractivity contribution in [3.8, 4) is 5.75 Å². The van der Waals surface area contributed by atoms with E-state index < -0.39 is 26.3 Å². The molecule has 10 heteroatoms. The SMILES string of the molecule is C=C(CCl)C(C(=O)OCc1ccc(OC)cc1)N1C=C(N)C1SS(=O)(=O)c1ccccc1. The van der Waals surface area contributed by atoms with Crippen molar-refractivity contribution < 1.29 is 22.7 Å². The number of methoxy groups -OCH3 is 1. The van der Waals surface area contributed by atoms with Crippen LogP contribution >= 0.6 is 22.4 Å². The second-order valence-corrected chi connectivity index (χ2v) is 11.1. The molecule has 0 radical (unpaired) electrons. The molecule has 3 rings (SSSR count). The fourth-order valence-corrected chi connectivity index (χ4v) is 6.46. The normalized spacial score (nSPS) is 16.5. The maximum Gasteiger partial charge on any atom is 0.333 e. The van der Waals surface area contributed by atoms with Crippen molar-refractivity contribution in [2.24, 2.45) is 5.73 Å². The van der Waals surface area contributed by atoms with Gasteiger partial charge in [-0.2, -0.15) is 0 Å². The molecule has 1 aliphatic rings. The van der Waals surface area contributed by atoms with Crippen LogP contribution in [-0.4, -0.2) is 43.7 Å². The summed E-state index contributed by atoms with van der Waals surface area (Å²) >= 11 is 5.95. The minimum atomic E-state index is -3.71. The zero-order valence-corrected chi connectivity index (χ0v) is 19.7. The highest BCUT2D eigenvalue weighted by Gasteiger charge is 2.42. The van der Waals surface area contributed by atoms with Crippen molar-refractivity contribution in [1.29, 1.82) is 0 Å². The summed E-state index contributed by atoms with van der Waals surface area (Å²) in [5.74, 6) is 0.0853. The first-order valence-corrected chi connectivity index (χ1v) is 12.9. The Morgan fingerprint density at radius 3 is 2.44 bits per heavy atom. The number of esters is 1. The molecule has 0 bridgehead atoms. The van der Waals surface area contributed by atoms with Gasteiger partial charge in [-0.1, -0.05) is 36.9 Å². The van der Waals surface area contributed by atoms with E-state index >= 15 is 0 Å². The van der Waals surface area contributed by atoms with Crippen LogP contribution in [0.15, 0.2) is 83.5 Å². The quantitative estimate of drug-likeness (QED) is 0.232. The minimum Gasteiger partial charge on any atom is -0.497 e. The van der Waals surface area contributed by atoms with Crippen molar-refractivity contribution in [3.63, 3.8) is 0 Å². The summed E-state index contributed by atoms with van der Waals surface area (Å²) in [6.45, 7) is 3.90. The number of carbonyl (C=O) groups is 1. The maximum absolute atomic E-state index is 12.9. The van der Waals surface area contributed by atoms with E-state index in [4.69, 9.17) is 26.8 Å². The fourth-order valence-electron chi connectivity index (χ4n) is 3.00. The van der Waals surface area contributed by atoms with Crippen molar-refractivity contribution in [3.05, 3.63) is 84.2 Å². The van der Waals surface area contributed by atoms with E-state index in [1.54, 1.807) is 49.6 Å². The van der Waals surface area contributed by atoms with Crippen LogP contribution in [0.4, 0.5) is 0 Å². The Kier molecular flexibility index (Phi) is 7.76. The van der Waals surface area contributed by atoms with E-state index in [9.17, 15) is 13.2 Å². The predicted octanol–water partition coefficient (Wildman–Crippen LogP) is 3.47. The molecule has 0 saturated carbocycles. The molecule has 0 fully saturated rings. The average molecular weight is 495 g/mol. The number of nitrogens with zero attached hydrogens (tertiary/aromatic N) is 1. The Morgan fingerprint density at radius 2 is 1.88 bits per heavy atom. The first-order chi connectivity index (χ1) is 15.3. The van der Waals surface area contributed by atoms with Gasteiger partial charge in [-0.15, -0.1) is 11.6 Å². The Bertz CT molecular complexity index is 1100. The van der Waals surface area contributed by atoms with E-state index in [1.807, 2.05) is 0 Å². The Morgan fingerprint density at radius 1 is 1.22 bits per heavy atom. The molecule has 32 heavy (non-hydrogen) atoms. The lowest BCUT2D eigenvalue weighted by molar-refractivity contribution is -0.149. The van der Waals surface area contributed by atoms with Crippen LogP contribution in [0.25, 0.3) is 0 Å². The van der Waals surface area contributed by atoms with Gasteiger partial charge in [0.2, 0.25) is 8.87 Å². The lowest BCUT2D eigenvalue weighted by Gasteiger charge is -2.42. The summed E-state index contributed by atoms with van der Waals surface area (Å²) in [5, 5.41) is -0.779. The summed E-state index contributed by atoms with van der Waals surface area (Å²) in [7, 11) is -1.50. The number of halogens is 1. The van der Waals surface area contributed by atoms with Crippen LogP contribution in [0.2, 0.25) is 0 Å². The molecule has 0 amide bonds.